The first-order chi connectivity index (χ1) is 26.2. The molecule has 6 aliphatic rings. The first kappa shape index (κ1) is 47.8. The van der Waals surface area contributed by atoms with E-state index in [1.165, 1.54) is 0 Å². The highest BCUT2D eigenvalue weighted by Crippen LogP contribution is 2.60. The molecule has 6 saturated heterocycles. The average molecular weight is 932 g/mol. The van der Waals surface area contributed by atoms with Gasteiger partial charge in [0.05, 0.1) is 5.92 Å². The number of esters is 1. The third kappa shape index (κ3) is 7.98. The molecule has 0 radical (unpaired) electrons. The Bertz CT molecular complexity index is 1240. The second-order valence-electron chi connectivity index (χ2n) is 17.2. The molecule has 0 aromatic heterocycles. The summed E-state index contributed by atoms with van der Waals surface area (Å²) in [6, 6.07) is 0. The third-order valence-corrected chi connectivity index (χ3v) is 52.8. The third-order valence-electron chi connectivity index (χ3n) is 13.4. The van der Waals surface area contributed by atoms with Gasteiger partial charge in [-0.15, -0.1) is 0 Å². The Morgan fingerprint density at radius 2 is 0.554 bits per heavy atom. The lowest BCUT2D eigenvalue weighted by atomic mass is 10.1. The smallest absolute Gasteiger partial charge is 0.461 e. The van der Waals surface area contributed by atoms with Crippen molar-refractivity contribution in [3.8, 4) is 0 Å². The zero-order chi connectivity index (χ0) is 41.8. The molecule has 8 bridgehead atoms. The zero-order valence-corrected chi connectivity index (χ0v) is 45.2. The molecule has 56 heavy (non-hydrogen) atoms. The fourth-order valence-electron chi connectivity index (χ4n) is 7.35. The molecule has 0 aliphatic carbocycles. The van der Waals surface area contributed by atoms with Crippen LogP contribution in [0.25, 0.3) is 0 Å². The van der Waals surface area contributed by atoms with Crippen molar-refractivity contribution in [1.82, 2.24) is 0 Å². The van der Waals surface area contributed by atoms with E-state index in [1.807, 2.05) is 13.8 Å². The van der Waals surface area contributed by atoms with Crippen LogP contribution in [0.4, 0.5) is 0 Å². The van der Waals surface area contributed by atoms with E-state index in [4.69, 9.17) is 54.1 Å². The first-order valence-corrected chi connectivity index (χ1v) is 36.3. The second kappa shape index (κ2) is 17.5. The summed E-state index contributed by atoms with van der Waals surface area (Å²) in [5.74, 6) is -0.741. The van der Waals surface area contributed by atoms with Gasteiger partial charge in [0.2, 0.25) is 0 Å². The maximum atomic E-state index is 13.7. The number of carbonyl (C=O) groups excluding carboxylic acids is 1. The number of rotatable bonds is 18. The van der Waals surface area contributed by atoms with Gasteiger partial charge in [0.25, 0.3) is 0 Å². The maximum Gasteiger partial charge on any atom is 0.518 e. The zero-order valence-electron chi connectivity index (χ0n) is 37.2. The van der Waals surface area contributed by atoms with E-state index in [2.05, 4.69) is 96.9 Å². The lowest BCUT2D eigenvalue weighted by Crippen LogP contribution is -2.91. The summed E-state index contributed by atoms with van der Waals surface area (Å²) in [7, 11) is -33.2. The molecule has 0 aromatic carbocycles. The van der Waals surface area contributed by atoms with Crippen LogP contribution in [0.15, 0.2) is 0 Å². The summed E-state index contributed by atoms with van der Waals surface area (Å²) >= 11 is 0. The molecule has 0 amide bonds. The van der Waals surface area contributed by atoms with Crippen LogP contribution in [-0.4, -0.2) is 82.6 Å². The van der Waals surface area contributed by atoms with Gasteiger partial charge in [0.1, 0.15) is 0 Å². The summed E-state index contributed by atoms with van der Waals surface area (Å²) in [5.41, 5.74) is -1.94. The van der Waals surface area contributed by atoms with E-state index in [0.717, 1.165) is 0 Å². The highest BCUT2D eigenvalue weighted by molar-refractivity contribution is 7.04. The quantitative estimate of drug-likeness (QED) is 0.0953. The average Bonchev–Trinajstić information content (AvgIpc) is 3.15. The minimum absolute atomic E-state index is 0.229. The Morgan fingerprint density at radius 1 is 0.357 bits per heavy atom. The van der Waals surface area contributed by atoms with E-state index in [9.17, 15) is 4.79 Å². The minimum Gasteiger partial charge on any atom is -0.461 e. The molecule has 6 aliphatic heterocycles. The Hall–Kier alpha value is 0.725. The van der Waals surface area contributed by atoms with Crippen LogP contribution >= 0.6 is 0 Å². The monoisotopic (exact) mass is 930 g/mol. The van der Waals surface area contributed by atoms with E-state index >= 15 is 0 Å². The Morgan fingerprint density at radius 3 is 0.732 bits per heavy atom. The van der Waals surface area contributed by atoms with Crippen LogP contribution in [0.1, 0.15) is 162 Å². The molecule has 6 fully saturated rings. The number of ether oxygens (including phenoxy) is 1. The fraction of sp³-hybridized carbons (Fsp3) is 0.971. The SMILES string of the molecule is CCC(C)C(=O)OC[Si]12O[Si]3(C(C)CC)O[Si]4(C(C)CC)O[Si](C(C)CC)(O1)O[Si]1(C(C)CC)O[Si](C(C)CC)(O2)O[Si](C(C)CC)(O3)O[Si](C(C)CC)(O4)O1. The van der Waals surface area contributed by atoms with Gasteiger partial charge in [-0.1, -0.05) is 111 Å². The van der Waals surface area contributed by atoms with Crippen molar-refractivity contribution < 1.29 is 58.9 Å². The van der Waals surface area contributed by atoms with Gasteiger partial charge < -0.3 is 54.1 Å². The van der Waals surface area contributed by atoms with Crippen LogP contribution in [0.5, 0.6) is 0 Å². The first-order valence-electron chi connectivity index (χ1n) is 21.8. The van der Waals surface area contributed by atoms with Crippen molar-refractivity contribution in [2.75, 3.05) is 6.23 Å². The molecule has 6 rings (SSSR count). The lowest BCUT2D eigenvalue weighted by Gasteiger charge is -2.66. The Kier molecular flexibility index (Phi) is 14.9. The molecule has 6 heterocycles. The minimum atomic E-state index is -4.41. The largest absolute Gasteiger partial charge is 0.518 e. The molecular formula is C34H74O14Si8. The van der Waals surface area contributed by atoms with Crippen LogP contribution in [-0.2, 0) is 58.9 Å². The Balaban J connectivity index is 2.02. The van der Waals surface area contributed by atoms with Crippen molar-refractivity contribution in [2.45, 2.75) is 201 Å². The van der Waals surface area contributed by atoms with Gasteiger partial charge in [0, 0.05) is 38.8 Å². The van der Waals surface area contributed by atoms with Gasteiger partial charge in [-0.2, -0.15) is 0 Å². The van der Waals surface area contributed by atoms with Crippen LogP contribution in [0, 0.1) is 5.92 Å². The number of hydrogen-bond acceptors (Lipinski definition) is 14. The molecule has 0 spiro atoms. The van der Waals surface area contributed by atoms with Crippen molar-refractivity contribution >= 4 is 76.4 Å². The number of carbonyl (C=O) groups is 1. The predicted molar refractivity (Wildman–Crippen MR) is 227 cm³/mol. The molecule has 326 valence electrons. The maximum absolute atomic E-state index is 13.7. The Labute approximate surface area is 346 Å². The van der Waals surface area contributed by atoms with Crippen molar-refractivity contribution in [1.29, 1.82) is 0 Å². The van der Waals surface area contributed by atoms with Crippen molar-refractivity contribution in [2.24, 2.45) is 5.92 Å². The van der Waals surface area contributed by atoms with E-state index in [-0.39, 0.29) is 56.9 Å². The summed E-state index contributed by atoms with van der Waals surface area (Å²) in [6.45, 7) is 33.2. The van der Waals surface area contributed by atoms with E-state index in [0.29, 0.717) is 51.4 Å². The number of hydrogen-bond donors (Lipinski definition) is 0. The van der Waals surface area contributed by atoms with Gasteiger partial charge in [0.15, 0.2) is 6.23 Å². The molecule has 8 unspecified atom stereocenters. The van der Waals surface area contributed by atoms with Crippen molar-refractivity contribution in [3.05, 3.63) is 0 Å². The molecule has 14 nitrogen and oxygen atoms in total. The normalized spacial score (nSPS) is 43.6. The topological polar surface area (TPSA) is 137 Å². The summed E-state index contributed by atoms with van der Waals surface area (Å²) in [6.07, 6.45) is 4.85. The molecule has 0 N–H and O–H groups in total. The fourth-order valence-corrected chi connectivity index (χ4v) is 61.3. The van der Waals surface area contributed by atoms with E-state index in [1.54, 1.807) is 0 Å². The molecule has 22 heteroatoms. The summed E-state index contributed by atoms with van der Waals surface area (Å²) in [4.78, 5) is 13.7. The van der Waals surface area contributed by atoms with Crippen LogP contribution in [0.3, 0.4) is 0 Å². The second-order valence-corrected chi connectivity index (χ2v) is 44.0. The van der Waals surface area contributed by atoms with Gasteiger partial charge in [-0.05, 0) is 51.4 Å². The van der Waals surface area contributed by atoms with Crippen LogP contribution < -0.4 is 0 Å². The molecule has 0 saturated carbocycles. The van der Waals surface area contributed by atoms with Gasteiger partial charge in [-0.3, -0.25) is 4.79 Å². The van der Waals surface area contributed by atoms with E-state index < -0.39 is 70.4 Å². The van der Waals surface area contributed by atoms with Gasteiger partial charge in [-0.25, -0.2) is 0 Å². The lowest BCUT2D eigenvalue weighted by molar-refractivity contribution is -0.148. The predicted octanol–water partition coefficient (Wildman–Crippen LogP) is 9.49. The highest BCUT2D eigenvalue weighted by atomic mass is 28.6. The summed E-state index contributed by atoms with van der Waals surface area (Å²) in [5, 5.41) is 0. The highest BCUT2D eigenvalue weighted by Gasteiger charge is 2.86. The molecular weight excluding hydrogens is 857 g/mol. The van der Waals surface area contributed by atoms with Crippen molar-refractivity contribution in [3.63, 3.8) is 0 Å². The van der Waals surface area contributed by atoms with Crippen LogP contribution in [0.2, 0.25) is 38.8 Å². The molecule has 8 atom stereocenters. The molecule has 0 aromatic rings. The summed E-state index contributed by atoms with van der Waals surface area (Å²) < 4.78 is 100. The van der Waals surface area contributed by atoms with Gasteiger partial charge >= 0.3 is 76.4 Å². The standard InChI is InChI=1S/C34H74O14Si8/c1-17-26(9)34(35)36-25-49-37-50(27(10)18-2)40-53(30(13)21-5)42-51(38-49,28(11)19-3)44-55(32(15)23-7)45-52(39-49,29(12)20-4)43-54(41-50,31(14)22-6)47-56(46-53,48-55)33(16)24-8/h26-33H,17-25H2,1-16H3.